The number of hydrogen-bond donors (Lipinski definition) is 0. The monoisotopic (exact) mass is 192 g/mol. The van der Waals surface area contributed by atoms with Gasteiger partial charge in [0.2, 0.25) is 0 Å². The van der Waals surface area contributed by atoms with Gasteiger partial charge in [-0.2, -0.15) is 0 Å². The van der Waals surface area contributed by atoms with Gasteiger partial charge in [0.1, 0.15) is 0 Å². The lowest BCUT2D eigenvalue weighted by Gasteiger charge is -2.16. The van der Waals surface area contributed by atoms with Gasteiger partial charge < -0.3 is 0 Å². The third-order valence-corrected chi connectivity index (χ3v) is 4.78. The van der Waals surface area contributed by atoms with Gasteiger partial charge in [-0.05, 0) is 25.7 Å². The normalized spacial score (nSPS) is 15.6. The van der Waals surface area contributed by atoms with Crippen molar-refractivity contribution >= 4 is 9.84 Å². The molecule has 0 aliphatic carbocycles. The van der Waals surface area contributed by atoms with Crippen LogP contribution in [0, 0.1) is 11.8 Å². The van der Waals surface area contributed by atoms with Gasteiger partial charge in [-0.15, -0.1) is 0 Å². The average Bonchev–Trinajstić information content (AvgIpc) is 1.85. The quantitative estimate of drug-likeness (QED) is 0.683. The molecule has 0 rings (SSSR count). The van der Waals surface area contributed by atoms with E-state index >= 15 is 0 Å². The summed E-state index contributed by atoms with van der Waals surface area (Å²) in [5.74, 6) is 1.03. The third kappa shape index (κ3) is 3.57. The molecular weight excluding hydrogens is 172 g/mol. The first-order valence-electron chi connectivity index (χ1n) is 4.49. The minimum Gasteiger partial charge on any atom is -0.229 e. The molecule has 0 saturated heterocycles. The van der Waals surface area contributed by atoms with Gasteiger partial charge >= 0.3 is 0 Å². The van der Waals surface area contributed by atoms with Crippen molar-refractivity contribution in [1.82, 2.24) is 0 Å². The molecule has 0 bridgehead atoms. The molecule has 0 aromatic rings. The molecule has 74 valence electrons. The second kappa shape index (κ2) is 4.26. The Hall–Kier alpha value is -0.0500. The van der Waals surface area contributed by atoms with E-state index in [1.54, 1.807) is 13.8 Å². The number of rotatable bonds is 4. The van der Waals surface area contributed by atoms with E-state index in [9.17, 15) is 8.42 Å². The van der Waals surface area contributed by atoms with Gasteiger partial charge in [0.25, 0.3) is 0 Å². The molecule has 0 N–H and O–H groups in total. The van der Waals surface area contributed by atoms with Crippen molar-refractivity contribution in [2.24, 2.45) is 11.8 Å². The molecule has 1 atom stereocenters. The fourth-order valence-electron chi connectivity index (χ4n) is 0.751. The average molecular weight is 192 g/mol. The zero-order valence-corrected chi connectivity index (χ0v) is 9.48. The second-order valence-electron chi connectivity index (χ2n) is 4.10. The van der Waals surface area contributed by atoms with E-state index in [4.69, 9.17) is 0 Å². The minimum absolute atomic E-state index is 0.237. The maximum atomic E-state index is 11.4. The third-order valence-electron chi connectivity index (χ3n) is 2.35. The lowest BCUT2D eigenvalue weighted by Crippen LogP contribution is -2.24. The van der Waals surface area contributed by atoms with Crippen molar-refractivity contribution in [3.8, 4) is 0 Å². The Bertz CT molecular complexity index is 215. The summed E-state index contributed by atoms with van der Waals surface area (Å²) in [5, 5.41) is -0.237. The summed E-state index contributed by atoms with van der Waals surface area (Å²) in [4.78, 5) is 0. The lowest BCUT2D eigenvalue weighted by atomic mass is 10.0. The van der Waals surface area contributed by atoms with E-state index in [1.165, 1.54) is 0 Å². The summed E-state index contributed by atoms with van der Waals surface area (Å²) in [6.07, 6.45) is 0. The summed E-state index contributed by atoms with van der Waals surface area (Å²) >= 11 is 0. The molecule has 0 amide bonds. The maximum Gasteiger partial charge on any atom is 0.152 e. The Morgan fingerprint density at radius 2 is 1.42 bits per heavy atom. The molecule has 12 heavy (non-hydrogen) atoms. The van der Waals surface area contributed by atoms with Crippen LogP contribution in [0.25, 0.3) is 0 Å². The van der Waals surface area contributed by atoms with Crippen molar-refractivity contribution in [3.05, 3.63) is 0 Å². The molecule has 0 aromatic carbocycles. The van der Waals surface area contributed by atoms with Crippen molar-refractivity contribution in [1.29, 1.82) is 0 Å². The van der Waals surface area contributed by atoms with Crippen LogP contribution in [0.2, 0.25) is 0 Å². The van der Waals surface area contributed by atoms with Crippen LogP contribution in [-0.2, 0) is 9.84 Å². The summed E-state index contributed by atoms with van der Waals surface area (Å²) < 4.78 is 22.9. The molecule has 0 aromatic heterocycles. The Morgan fingerprint density at radius 3 is 1.67 bits per heavy atom. The van der Waals surface area contributed by atoms with E-state index in [0.717, 1.165) is 0 Å². The number of sulfone groups is 1. The SMILES string of the molecule is CC(C)C(C)CS(=O)(=O)C(C)C. The van der Waals surface area contributed by atoms with Gasteiger partial charge in [0.05, 0.1) is 11.0 Å². The fourth-order valence-corrected chi connectivity index (χ4v) is 2.25. The smallest absolute Gasteiger partial charge is 0.152 e. The van der Waals surface area contributed by atoms with Crippen LogP contribution in [0.4, 0.5) is 0 Å². The number of hydrogen-bond acceptors (Lipinski definition) is 2. The molecule has 0 radical (unpaired) electrons. The van der Waals surface area contributed by atoms with E-state index in [2.05, 4.69) is 13.8 Å². The lowest BCUT2D eigenvalue weighted by molar-refractivity contribution is 0.451. The fraction of sp³-hybridized carbons (Fsp3) is 1.00. The molecule has 0 fully saturated rings. The van der Waals surface area contributed by atoms with Crippen molar-refractivity contribution in [2.45, 2.75) is 39.9 Å². The summed E-state index contributed by atoms with van der Waals surface area (Å²) in [6, 6.07) is 0. The topological polar surface area (TPSA) is 34.1 Å². The molecule has 0 spiro atoms. The van der Waals surface area contributed by atoms with Crippen LogP contribution >= 0.6 is 0 Å². The molecule has 2 nitrogen and oxygen atoms in total. The van der Waals surface area contributed by atoms with E-state index < -0.39 is 9.84 Å². The molecule has 0 saturated carbocycles. The van der Waals surface area contributed by atoms with Crippen molar-refractivity contribution < 1.29 is 8.42 Å². The van der Waals surface area contributed by atoms with E-state index in [-0.39, 0.29) is 11.2 Å². The first-order valence-corrected chi connectivity index (χ1v) is 6.20. The maximum absolute atomic E-state index is 11.4. The standard InChI is InChI=1S/C9H20O2S/c1-7(2)9(5)6-12(10,11)8(3)4/h7-9H,6H2,1-5H3. The van der Waals surface area contributed by atoms with Crippen LogP contribution < -0.4 is 0 Å². The van der Waals surface area contributed by atoms with Crippen molar-refractivity contribution in [2.75, 3.05) is 5.75 Å². The zero-order valence-electron chi connectivity index (χ0n) is 8.66. The highest BCUT2D eigenvalue weighted by atomic mass is 32.2. The first kappa shape index (κ1) is 11.9. The highest BCUT2D eigenvalue weighted by molar-refractivity contribution is 7.91. The van der Waals surface area contributed by atoms with Gasteiger partial charge in [0.15, 0.2) is 9.84 Å². The molecule has 0 aliphatic heterocycles. The predicted octanol–water partition coefficient (Wildman–Crippen LogP) is 2.10. The first-order chi connectivity index (χ1) is 5.27. The van der Waals surface area contributed by atoms with Crippen LogP contribution in [-0.4, -0.2) is 19.4 Å². The molecule has 0 aliphatic rings. The zero-order chi connectivity index (χ0) is 9.94. The van der Waals surface area contributed by atoms with Gasteiger partial charge in [-0.3, -0.25) is 0 Å². The Morgan fingerprint density at radius 1 is 1.00 bits per heavy atom. The molecule has 3 heteroatoms. The van der Waals surface area contributed by atoms with Crippen molar-refractivity contribution in [3.63, 3.8) is 0 Å². The van der Waals surface area contributed by atoms with Crippen LogP contribution in [0.5, 0.6) is 0 Å². The van der Waals surface area contributed by atoms with E-state index in [1.807, 2.05) is 6.92 Å². The Kier molecular flexibility index (Phi) is 4.24. The highest BCUT2D eigenvalue weighted by Crippen LogP contribution is 2.14. The van der Waals surface area contributed by atoms with E-state index in [0.29, 0.717) is 11.7 Å². The molecule has 0 heterocycles. The second-order valence-corrected chi connectivity index (χ2v) is 6.70. The summed E-state index contributed by atoms with van der Waals surface area (Å²) in [6.45, 7) is 9.58. The highest BCUT2D eigenvalue weighted by Gasteiger charge is 2.21. The molecule has 1 unspecified atom stereocenters. The van der Waals surface area contributed by atoms with Gasteiger partial charge in [-0.1, -0.05) is 20.8 Å². The van der Waals surface area contributed by atoms with Crippen LogP contribution in [0.3, 0.4) is 0 Å². The summed E-state index contributed by atoms with van der Waals surface area (Å²) in [7, 11) is -2.84. The van der Waals surface area contributed by atoms with Gasteiger partial charge in [0, 0.05) is 0 Å². The predicted molar refractivity (Wildman–Crippen MR) is 52.9 cm³/mol. The Balaban J connectivity index is 4.27. The summed E-state index contributed by atoms with van der Waals surface area (Å²) in [5.41, 5.74) is 0. The molecular formula is C9H20O2S. The van der Waals surface area contributed by atoms with Crippen LogP contribution in [0.1, 0.15) is 34.6 Å². The van der Waals surface area contributed by atoms with Gasteiger partial charge in [-0.25, -0.2) is 8.42 Å². The van der Waals surface area contributed by atoms with Crippen LogP contribution in [0.15, 0.2) is 0 Å². The largest absolute Gasteiger partial charge is 0.229 e. The minimum atomic E-state index is -2.84. The Labute approximate surface area is 76.3 Å².